The largest absolute Gasteiger partial charge is 0.573 e. The Labute approximate surface area is 177 Å². The third-order valence-electron chi connectivity index (χ3n) is 4.65. The fraction of sp³-hybridized carbons (Fsp3) is 0.500. The minimum atomic E-state index is -4.73. The van der Waals surface area contributed by atoms with Gasteiger partial charge in [-0.15, -0.1) is 24.5 Å². The molecule has 1 saturated heterocycles. The number of amides is 1. The molecule has 6 nitrogen and oxygen atoms in total. The molecule has 0 saturated carbocycles. The van der Waals surface area contributed by atoms with Gasteiger partial charge in [-0.1, -0.05) is 6.92 Å². The van der Waals surface area contributed by atoms with E-state index in [1.165, 1.54) is 29.3 Å². The SMILES string of the molecule is CCCc1nc(CN2CCN(CC(=O)Nc3ccc(OC(F)(F)F)cc3)CC2)cs1. The first kappa shape index (κ1) is 22.5. The lowest BCUT2D eigenvalue weighted by Crippen LogP contribution is -2.48. The summed E-state index contributed by atoms with van der Waals surface area (Å²) in [6.07, 6.45) is -2.62. The third kappa shape index (κ3) is 7.26. The highest BCUT2D eigenvalue weighted by Crippen LogP contribution is 2.24. The molecule has 10 heteroatoms. The predicted molar refractivity (Wildman–Crippen MR) is 110 cm³/mol. The normalized spacial score (nSPS) is 15.9. The van der Waals surface area contributed by atoms with Crippen molar-refractivity contribution >= 4 is 22.9 Å². The van der Waals surface area contributed by atoms with Crippen molar-refractivity contribution in [3.63, 3.8) is 0 Å². The highest BCUT2D eigenvalue weighted by atomic mass is 32.1. The molecule has 0 spiro atoms. The van der Waals surface area contributed by atoms with Crippen molar-refractivity contribution in [2.45, 2.75) is 32.7 Å². The number of halogens is 3. The molecule has 0 aliphatic carbocycles. The first-order valence-corrected chi connectivity index (χ1v) is 10.7. The second-order valence-corrected chi connectivity index (χ2v) is 8.10. The van der Waals surface area contributed by atoms with Crippen LogP contribution in [-0.2, 0) is 17.8 Å². The van der Waals surface area contributed by atoms with E-state index in [2.05, 4.69) is 37.1 Å². The Hall–Kier alpha value is -2.17. The van der Waals surface area contributed by atoms with Crippen molar-refractivity contribution in [1.29, 1.82) is 0 Å². The van der Waals surface area contributed by atoms with Crippen molar-refractivity contribution in [3.8, 4) is 5.75 Å². The maximum atomic E-state index is 12.2. The number of ether oxygens (including phenoxy) is 1. The predicted octanol–water partition coefficient (Wildman–Crippen LogP) is 3.75. The van der Waals surface area contributed by atoms with Crippen LogP contribution in [0.2, 0.25) is 0 Å². The van der Waals surface area contributed by atoms with Gasteiger partial charge in [-0.25, -0.2) is 4.98 Å². The van der Waals surface area contributed by atoms with Gasteiger partial charge >= 0.3 is 6.36 Å². The lowest BCUT2D eigenvalue weighted by Gasteiger charge is -2.33. The number of thiazole rings is 1. The number of piperazine rings is 1. The van der Waals surface area contributed by atoms with Crippen LogP contribution in [0.1, 0.15) is 24.0 Å². The molecule has 1 aliphatic rings. The summed E-state index contributed by atoms with van der Waals surface area (Å²) in [4.78, 5) is 21.3. The lowest BCUT2D eigenvalue weighted by molar-refractivity contribution is -0.274. The number of aromatic nitrogens is 1. The quantitative estimate of drug-likeness (QED) is 0.675. The second-order valence-electron chi connectivity index (χ2n) is 7.16. The molecule has 1 aliphatic heterocycles. The summed E-state index contributed by atoms with van der Waals surface area (Å²) < 4.78 is 40.4. The van der Waals surface area contributed by atoms with Gasteiger partial charge in [0.1, 0.15) is 5.75 Å². The highest BCUT2D eigenvalue weighted by Gasteiger charge is 2.31. The Morgan fingerprint density at radius 2 is 1.83 bits per heavy atom. The molecule has 1 aromatic carbocycles. The lowest BCUT2D eigenvalue weighted by atomic mass is 10.2. The summed E-state index contributed by atoms with van der Waals surface area (Å²) >= 11 is 1.71. The number of benzene rings is 1. The van der Waals surface area contributed by atoms with Gasteiger partial charge in [0.15, 0.2) is 0 Å². The number of nitrogens with zero attached hydrogens (tertiary/aromatic N) is 3. The third-order valence-corrected chi connectivity index (χ3v) is 5.61. The van der Waals surface area contributed by atoms with E-state index >= 15 is 0 Å². The number of hydrogen-bond acceptors (Lipinski definition) is 6. The number of hydrogen-bond donors (Lipinski definition) is 1. The molecular weight excluding hydrogens is 417 g/mol. The van der Waals surface area contributed by atoms with E-state index in [1.807, 2.05) is 0 Å². The molecule has 0 unspecified atom stereocenters. The Morgan fingerprint density at radius 3 is 2.47 bits per heavy atom. The summed E-state index contributed by atoms with van der Waals surface area (Å²) in [7, 11) is 0. The molecule has 164 valence electrons. The van der Waals surface area contributed by atoms with Crippen LogP contribution < -0.4 is 10.1 Å². The van der Waals surface area contributed by atoms with Gasteiger partial charge in [-0.05, 0) is 37.1 Å². The zero-order chi connectivity index (χ0) is 21.6. The van der Waals surface area contributed by atoms with Gasteiger partial charge < -0.3 is 10.1 Å². The minimum absolute atomic E-state index is 0.198. The summed E-state index contributed by atoms with van der Waals surface area (Å²) in [6, 6.07) is 5.12. The van der Waals surface area contributed by atoms with Crippen molar-refractivity contribution in [1.82, 2.24) is 14.8 Å². The van der Waals surface area contributed by atoms with Crippen molar-refractivity contribution < 1.29 is 22.7 Å². The molecule has 1 aromatic heterocycles. The molecule has 1 amide bonds. The van der Waals surface area contributed by atoms with Gasteiger partial charge in [0.2, 0.25) is 5.91 Å². The van der Waals surface area contributed by atoms with Crippen LogP contribution in [-0.4, -0.2) is 59.8 Å². The summed E-state index contributed by atoms with van der Waals surface area (Å²) in [5.41, 5.74) is 1.53. The topological polar surface area (TPSA) is 57.7 Å². The van der Waals surface area contributed by atoms with Crippen LogP contribution >= 0.6 is 11.3 Å². The first-order valence-electron chi connectivity index (χ1n) is 9.84. The van der Waals surface area contributed by atoms with E-state index in [0.717, 1.165) is 51.3 Å². The van der Waals surface area contributed by atoms with E-state index in [4.69, 9.17) is 0 Å². The van der Waals surface area contributed by atoms with E-state index in [9.17, 15) is 18.0 Å². The van der Waals surface area contributed by atoms with Crippen molar-refractivity contribution in [2.75, 3.05) is 38.0 Å². The first-order chi connectivity index (χ1) is 14.3. The molecule has 0 atom stereocenters. The van der Waals surface area contributed by atoms with Crippen LogP contribution in [0.15, 0.2) is 29.6 Å². The molecular formula is C20H25F3N4O2S. The molecule has 3 rings (SSSR count). The Balaban J connectivity index is 1.39. The second kappa shape index (κ2) is 10.2. The van der Waals surface area contributed by atoms with Crippen molar-refractivity contribution in [3.05, 3.63) is 40.3 Å². The number of carbonyl (C=O) groups excluding carboxylic acids is 1. The smallest absolute Gasteiger partial charge is 0.406 e. The number of alkyl halides is 3. The standard InChI is InChI=1S/C20H25F3N4O2S/c1-2-3-19-25-16(14-30-19)12-26-8-10-27(11-9-26)13-18(28)24-15-4-6-17(7-5-15)29-20(21,22)23/h4-7,14H,2-3,8-13H2,1H3,(H,24,28). The Morgan fingerprint density at radius 1 is 1.17 bits per heavy atom. The molecule has 2 heterocycles. The number of carbonyl (C=O) groups is 1. The van der Waals surface area contributed by atoms with Crippen LogP contribution in [0.5, 0.6) is 5.75 Å². The monoisotopic (exact) mass is 442 g/mol. The fourth-order valence-electron chi connectivity index (χ4n) is 3.23. The number of anilines is 1. The van der Waals surface area contributed by atoms with Crippen LogP contribution in [0.3, 0.4) is 0 Å². The van der Waals surface area contributed by atoms with Gasteiger partial charge in [0.25, 0.3) is 0 Å². The van der Waals surface area contributed by atoms with Gasteiger partial charge in [-0.3, -0.25) is 14.6 Å². The summed E-state index contributed by atoms with van der Waals surface area (Å²) in [6.45, 7) is 6.48. The molecule has 30 heavy (non-hydrogen) atoms. The number of rotatable bonds is 8. The van der Waals surface area contributed by atoms with E-state index < -0.39 is 6.36 Å². The highest BCUT2D eigenvalue weighted by molar-refractivity contribution is 7.09. The maximum absolute atomic E-state index is 12.2. The number of aryl methyl sites for hydroxylation is 1. The Bertz CT molecular complexity index is 818. The zero-order valence-corrected chi connectivity index (χ0v) is 17.6. The van der Waals surface area contributed by atoms with E-state index in [-0.39, 0.29) is 18.2 Å². The van der Waals surface area contributed by atoms with Gasteiger partial charge in [0.05, 0.1) is 17.2 Å². The molecule has 0 bridgehead atoms. The van der Waals surface area contributed by atoms with Gasteiger partial charge in [-0.2, -0.15) is 0 Å². The summed E-state index contributed by atoms with van der Waals surface area (Å²) in [5.74, 6) is -0.518. The average molecular weight is 443 g/mol. The van der Waals surface area contributed by atoms with E-state index in [0.29, 0.717) is 5.69 Å². The molecule has 0 radical (unpaired) electrons. The maximum Gasteiger partial charge on any atom is 0.573 e. The summed E-state index contributed by atoms with van der Waals surface area (Å²) in [5, 5.41) is 6.01. The van der Waals surface area contributed by atoms with E-state index in [1.54, 1.807) is 11.3 Å². The fourth-order valence-corrected chi connectivity index (χ4v) is 4.12. The molecule has 2 aromatic rings. The van der Waals surface area contributed by atoms with Crippen molar-refractivity contribution in [2.24, 2.45) is 0 Å². The number of nitrogens with one attached hydrogen (secondary N) is 1. The average Bonchev–Trinajstić information content (AvgIpc) is 3.11. The van der Waals surface area contributed by atoms with Crippen LogP contribution in [0.25, 0.3) is 0 Å². The van der Waals surface area contributed by atoms with Crippen LogP contribution in [0.4, 0.5) is 18.9 Å². The zero-order valence-electron chi connectivity index (χ0n) is 16.7. The van der Waals surface area contributed by atoms with Crippen LogP contribution in [0, 0.1) is 0 Å². The Kier molecular flexibility index (Phi) is 7.68. The molecule has 1 N–H and O–H groups in total. The van der Waals surface area contributed by atoms with Gasteiger partial charge in [0, 0.05) is 43.8 Å². The molecule has 1 fully saturated rings. The minimum Gasteiger partial charge on any atom is -0.406 e.